The molecule has 0 aliphatic rings. The van der Waals surface area contributed by atoms with Crippen molar-refractivity contribution in [2.24, 2.45) is 5.92 Å². The van der Waals surface area contributed by atoms with Crippen molar-refractivity contribution in [2.75, 3.05) is 5.88 Å². The molecule has 0 N–H and O–H groups in total. The van der Waals surface area contributed by atoms with E-state index < -0.39 is 0 Å². The van der Waals surface area contributed by atoms with Crippen molar-refractivity contribution in [3.05, 3.63) is 35.4 Å². The lowest BCUT2D eigenvalue weighted by Gasteiger charge is -2.18. The summed E-state index contributed by atoms with van der Waals surface area (Å²) in [6.45, 7) is 6.66. The summed E-state index contributed by atoms with van der Waals surface area (Å²) < 4.78 is 0. The smallest absolute Gasteiger partial charge is 0.0292 e. The fourth-order valence-electron chi connectivity index (χ4n) is 1.78. The van der Waals surface area contributed by atoms with Gasteiger partial charge in [0.05, 0.1) is 0 Å². The van der Waals surface area contributed by atoms with Crippen LogP contribution in [0.1, 0.15) is 43.7 Å². The zero-order valence-corrected chi connectivity index (χ0v) is 10.7. The second-order valence-electron chi connectivity index (χ2n) is 4.51. The minimum absolute atomic E-state index is 0.516. The Kier molecular flexibility index (Phi) is 5.17. The van der Waals surface area contributed by atoms with Gasteiger partial charge in [-0.2, -0.15) is 0 Å². The molecule has 2 atom stereocenters. The van der Waals surface area contributed by atoms with Crippen molar-refractivity contribution in [1.82, 2.24) is 0 Å². The van der Waals surface area contributed by atoms with Gasteiger partial charge in [-0.25, -0.2) is 0 Å². The first kappa shape index (κ1) is 12.6. The van der Waals surface area contributed by atoms with Crippen molar-refractivity contribution in [2.45, 2.75) is 39.5 Å². The molecular weight excluding hydrogens is 204 g/mol. The van der Waals surface area contributed by atoms with Crippen LogP contribution in [-0.2, 0) is 0 Å². The number of alkyl halides is 1. The number of hydrogen-bond acceptors (Lipinski definition) is 0. The highest BCUT2D eigenvalue weighted by Crippen LogP contribution is 2.26. The van der Waals surface area contributed by atoms with Crippen LogP contribution < -0.4 is 0 Å². The summed E-state index contributed by atoms with van der Waals surface area (Å²) in [4.78, 5) is 0. The van der Waals surface area contributed by atoms with E-state index in [1.54, 1.807) is 0 Å². The van der Waals surface area contributed by atoms with Gasteiger partial charge in [-0.3, -0.25) is 0 Å². The topological polar surface area (TPSA) is 0 Å². The normalized spacial score (nSPS) is 14.9. The number of rotatable bonds is 5. The molecule has 0 spiro atoms. The van der Waals surface area contributed by atoms with Crippen LogP contribution >= 0.6 is 11.6 Å². The standard InChI is InChI=1S/C14H21Cl/c1-4-11(2)9-14(10-15)13-7-5-12(3)6-8-13/h5-8,11,14H,4,9-10H2,1-3H3. The second kappa shape index (κ2) is 6.17. The Balaban J connectivity index is 2.69. The molecule has 0 aliphatic carbocycles. The third kappa shape index (κ3) is 3.87. The maximum atomic E-state index is 6.04. The predicted molar refractivity (Wildman–Crippen MR) is 68.7 cm³/mol. The molecule has 0 amide bonds. The molecule has 0 radical (unpaired) electrons. The molecule has 0 aliphatic heterocycles. The number of benzene rings is 1. The van der Waals surface area contributed by atoms with Gasteiger partial charge in [-0.05, 0) is 30.7 Å². The largest absolute Gasteiger partial charge is 0.126 e. The van der Waals surface area contributed by atoms with Crippen LogP contribution in [-0.4, -0.2) is 5.88 Å². The van der Waals surface area contributed by atoms with Crippen LogP contribution in [0.15, 0.2) is 24.3 Å². The monoisotopic (exact) mass is 224 g/mol. The third-order valence-corrected chi connectivity index (χ3v) is 3.49. The SMILES string of the molecule is CCC(C)CC(CCl)c1ccc(C)cc1. The predicted octanol–water partition coefficient (Wildman–Crippen LogP) is 4.75. The summed E-state index contributed by atoms with van der Waals surface area (Å²) in [5, 5.41) is 0. The highest BCUT2D eigenvalue weighted by Gasteiger charge is 2.13. The van der Waals surface area contributed by atoms with Gasteiger partial charge in [0, 0.05) is 5.88 Å². The van der Waals surface area contributed by atoms with Gasteiger partial charge < -0.3 is 0 Å². The number of aryl methyl sites for hydroxylation is 1. The highest BCUT2D eigenvalue weighted by atomic mass is 35.5. The molecule has 0 bridgehead atoms. The molecule has 1 heteroatoms. The quantitative estimate of drug-likeness (QED) is 0.633. The Bertz CT molecular complexity index is 276. The minimum atomic E-state index is 0.516. The molecule has 0 saturated carbocycles. The molecule has 1 aromatic rings. The first-order valence-electron chi connectivity index (χ1n) is 5.79. The molecule has 0 saturated heterocycles. The third-order valence-electron chi connectivity index (χ3n) is 3.12. The van der Waals surface area contributed by atoms with Crippen molar-refractivity contribution in [3.63, 3.8) is 0 Å². The lowest BCUT2D eigenvalue weighted by Crippen LogP contribution is -2.06. The van der Waals surface area contributed by atoms with Gasteiger partial charge in [0.25, 0.3) is 0 Å². The summed E-state index contributed by atoms with van der Waals surface area (Å²) >= 11 is 6.04. The van der Waals surface area contributed by atoms with Crippen molar-refractivity contribution in [3.8, 4) is 0 Å². The molecule has 1 aromatic carbocycles. The highest BCUT2D eigenvalue weighted by molar-refractivity contribution is 6.18. The lowest BCUT2D eigenvalue weighted by molar-refractivity contribution is 0.473. The molecule has 0 fully saturated rings. The fraction of sp³-hybridized carbons (Fsp3) is 0.571. The first-order valence-corrected chi connectivity index (χ1v) is 6.33. The van der Waals surface area contributed by atoms with E-state index in [9.17, 15) is 0 Å². The lowest BCUT2D eigenvalue weighted by atomic mass is 9.89. The van der Waals surface area contributed by atoms with Gasteiger partial charge in [-0.1, -0.05) is 50.1 Å². The summed E-state index contributed by atoms with van der Waals surface area (Å²) in [7, 11) is 0. The Labute approximate surface area is 98.7 Å². The molecule has 0 aromatic heterocycles. The Morgan fingerprint density at radius 3 is 2.27 bits per heavy atom. The zero-order chi connectivity index (χ0) is 11.3. The van der Waals surface area contributed by atoms with E-state index in [0.717, 1.165) is 11.8 Å². The van der Waals surface area contributed by atoms with E-state index in [2.05, 4.69) is 45.0 Å². The summed E-state index contributed by atoms with van der Waals surface area (Å²) in [5.41, 5.74) is 2.70. The maximum absolute atomic E-state index is 6.04. The van der Waals surface area contributed by atoms with Gasteiger partial charge in [0.1, 0.15) is 0 Å². The molecule has 0 nitrogen and oxygen atoms in total. The summed E-state index contributed by atoms with van der Waals surface area (Å²) in [5.74, 6) is 2.00. The van der Waals surface area contributed by atoms with Crippen LogP contribution in [0.4, 0.5) is 0 Å². The van der Waals surface area contributed by atoms with E-state index >= 15 is 0 Å². The van der Waals surface area contributed by atoms with Gasteiger partial charge in [-0.15, -0.1) is 11.6 Å². The van der Waals surface area contributed by atoms with Crippen LogP contribution in [0.5, 0.6) is 0 Å². The van der Waals surface area contributed by atoms with Crippen LogP contribution in [0.2, 0.25) is 0 Å². The van der Waals surface area contributed by atoms with Gasteiger partial charge in [0.2, 0.25) is 0 Å². The maximum Gasteiger partial charge on any atom is 0.0292 e. The van der Waals surface area contributed by atoms with Crippen molar-refractivity contribution >= 4 is 11.6 Å². The molecule has 15 heavy (non-hydrogen) atoms. The van der Waals surface area contributed by atoms with E-state index in [0.29, 0.717) is 5.92 Å². The average molecular weight is 225 g/mol. The molecule has 84 valence electrons. The fourth-order valence-corrected chi connectivity index (χ4v) is 2.08. The van der Waals surface area contributed by atoms with Crippen LogP contribution in [0.25, 0.3) is 0 Å². The Hall–Kier alpha value is -0.490. The molecule has 2 unspecified atom stereocenters. The van der Waals surface area contributed by atoms with Crippen molar-refractivity contribution in [1.29, 1.82) is 0 Å². The first-order chi connectivity index (χ1) is 7.17. The van der Waals surface area contributed by atoms with E-state index in [4.69, 9.17) is 11.6 Å². The number of halogens is 1. The molecule has 1 rings (SSSR count). The van der Waals surface area contributed by atoms with Crippen LogP contribution in [0, 0.1) is 12.8 Å². The summed E-state index contributed by atoms with van der Waals surface area (Å²) in [6, 6.07) is 8.77. The van der Waals surface area contributed by atoms with Crippen LogP contribution in [0.3, 0.4) is 0 Å². The second-order valence-corrected chi connectivity index (χ2v) is 4.82. The molecule has 0 heterocycles. The summed E-state index contributed by atoms with van der Waals surface area (Å²) in [6.07, 6.45) is 2.43. The van der Waals surface area contributed by atoms with Gasteiger partial charge in [0.15, 0.2) is 0 Å². The van der Waals surface area contributed by atoms with Crippen molar-refractivity contribution < 1.29 is 0 Å². The minimum Gasteiger partial charge on any atom is -0.126 e. The molecular formula is C14H21Cl. The Morgan fingerprint density at radius 2 is 1.80 bits per heavy atom. The zero-order valence-electron chi connectivity index (χ0n) is 9.96. The van der Waals surface area contributed by atoms with E-state index in [1.807, 2.05) is 0 Å². The Morgan fingerprint density at radius 1 is 1.20 bits per heavy atom. The van der Waals surface area contributed by atoms with Gasteiger partial charge >= 0.3 is 0 Å². The average Bonchev–Trinajstić information content (AvgIpc) is 2.27. The van der Waals surface area contributed by atoms with E-state index in [1.165, 1.54) is 24.0 Å². The number of hydrogen-bond donors (Lipinski definition) is 0. The van der Waals surface area contributed by atoms with E-state index in [-0.39, 0.29) is 0 Å².